The zero-order valence-electron chi connectivity index (χ0n) is 16.3. The molecule has 1 unspecified atom stereocenters. The molecule has 2 aliphatic rings. The number of carbonyl (C=O) groups is 2. The molecule has 1 aliphatic carbocycles. The first kappa shape index (κ1) is 19.0. The van der Waals surface area contributed by atoms with Crippen LogP contribution in [0.15, 0.2) is 47.6 Å². The second kappa shape index (κ2) is 7.36. The second-order valence-electron chi connectivity index (χ2n) is 7.61. The van der Waals surface area contributed by atoms with Gasteiger partial charge in [-0.15, -0.1) is 10.2 Å². The summed E-state index contributed by atoms with van der Waals surface area (Å²) >= 11 is 1.31. The summed E-state index contributed by atoms with van der Waals surface area (Å²) in [4.78, 5) is 24.6. The van der Waals surface area contributed by atoms with Gasteiger partial charge in [0.25, 0.3) is 0 Å². The number of anilines is 1. The second-order valence-corrected chi connectivity index (χ2v) is 8.55. The van der Waals surface area contributed by atoms with Crippen LogP contribution in [0.4, 0.5) is 10.1 Å². The van der Waals surface area contributed by atoms with Gasteiger partial charge in [0.2, 0.25) is 5.91 Å². The molecule has 1 N–H and O–H groups in total. The SMILES string of the molecule is CC1C(=O)Nc2ccc(C(=O)CSc3nnc(-c4ccccc4F)n3C3CC3)cc21. The third kappa shape index (κ3) is 3.31. The first-order chi connectivity index (χ1) is 14.5. The maximum absolute atomic E-state index is 14.3. The number of ketones is 1. The number of Topliss-reactive ketones (excluding diaryl/α,β-unsaturated/α-hetero) is 1. The third-order valence-corrected chi connectivity index (χ3v) is 6.46. The summed E-state index contributed by atoms with van der Waals surface area (Å²) < 4.78 is 16.2. The number of fused-ring (bicyclic) bond motifs is 1. The van der Waals surface area contributed by atoms with Crippen LogP contribution in [0.25, 0.3) is 11.4 Å². The van der Waals surface area contributed by atoms with Crippen molar-refractivity contribution in [2.24, 2.45) is 0 Å². The van der Waals surface area contributed by atoms with Crippen LogP contribution in [0.1, 0.15) is 47.6 Å². The number of hydrogen-bond donors (Lipinski definition) is 1. The number of rotatable bonds is 6. The zero-order valence-corrected chi connectivity index (χ0v) is 17.1. The summed E-state index contributed by atoms with van der Waals surface area (Å²) in [5, 5.41) is 11.9. The number of thioether (sulfide) groups is 1. The first-order valence-electron chi connectivity index (χ1n) is 9.83. The molecule has 1 aliphatic heterocycles. The summed E-state index contributed by atoms with van der Waals surface area (Å²) in [6, 6.07) is 12.1. The fourth-order valence-corrected chi connectivity index (χ4v) is 4.57. The molecule has 1 atom stereocenters. The zero-order chi connectivity index (χ0) is 20.8. The monoisotopic (exact) mass is 422 g/mol. The molecule has 0 spiro atoms. The Kier molecular flexibility index (Phi) is 4.66. The Morgan fingerprint density at radius 3 is 2.80 bits per heavy atom. The maximum Gasteiger partial charge on any atom is 0.231 e. The van der Waals surface area contributed by atoms with Crippen LogP contribution in [-0.2, 0) is 4.79 Å². The van der Waals surface area contributed by atoms with Crippen molar-refractivity contribution < 1.29 is 14.0 Å². The minimum atomic E-state index is -0.338. The Hall–Kier alpha value is -3.00. The number of benzene rings is 2. The van der Waals surface area contributed by atoms with E-state index in [1.54, 1.807) is 36.4 Å². The largest absolute Gasteiger partial charge is 0.325 e. The molecule has 2 aromatic carbocycles. The Morgan fingerprint density at radius 2 is 2.03 bits per heavy atom. The summed E-state index contributed by atoms with van der Waals surface area (Å²) in [5.74, 6) is -0.0104. The van der Waals surface area contributed by atoms with Gasteiger partial charge < -0.3 is 5.32 Å². The van der Waals surface area contributed by atoms with Crippen LogP contribution < -0.4 is 5.32 Å². The van der Waals surface area contributed by atoms with Crippen LogP contribution >= 0.6 is 11.8 Å². The van der Waals surface area contributed by atoms with Gasteiger partial charge in [-0.3, -0.25) is 14.2 Å². The van der Waals surface area contributed by atoms with Crippen molar-refractivity contribution in [2.45, 2.75) is 36.9 Å². The summed E-state index contributed by atoms with van der Waals surface area (Å²) in [7, 11) is 0. The van der Waals surface area contributed by atoms with Gasteiger partial charge >= 0.3 is 0 Å². The Labute approximate surface area is 176 Å². The lowest BCUT2D eigenvalue weighted by molar-refractivity contribution is -0.116. The topological polar surface area (TPSA) is 76.9 Å². The van der Waals surface area contributed by atoms with Gasteiger partial charge in [0.1, 0.15) is 5.82 Å². The van der Waals surface area contributed by atoms with Crippen LogP contribution in [0.5, 0.6) is 0 Å². The van der Waals surface area contributed by atoms with Crippen molar-refractivity contribution in [3.63, 3.8) is 0 Å². The van der Waals surface area contributed by atoms with E-state index in [-0.39, 0.29) is 35.2 Å². The highest BCUT2D eigenvalue weighted by Crippen LogP contribution is 2.41. The van der Waals surface area contributed by atoms with Gasteiger partial charge in [-0.05, 0) is 55.7 Å². The van der Waals surface area contributed by atoms with Crippen LogP contribution in [0, 0.1) is 5.82 Å². The fourth-order valence-electron chi connectivity index (χ4n) is 3.67. The van der Waals surface area contributed by atoms with E-state index in [9.17, 15) is 14.0 Å². The molecule has 0 radical (unpaired) electrons. The lowest BCUT2D eigenvalue weighted by atomic mass is 9.99. The number of amides is 1. The van der Waals surface area contributed by atoms with Crippen molar-refractivity contribution in [2.75, 3.05) is 11.1 Å². The average Bonchev–Trinajstić information content (AvgIpc) is 3.44. The van der Waals surface area contributed by atoms with E-state index in [0.717, 1.165) is 24.1 Å². The first-order valence-corrected chi connectivity index (χ1v) is 10.8. The van der Waals surface area contributed by atoms with Crippen LogP contribution in [-0.4, -0.2) is 32.2 Å². The fraction of sp³-hybridized carbons (Fsp3) is 0.273. The van der Waals surface area contributed by atoms with Crippen molar-refractivity contribution in [3.8, 4) is 11.4 Å². The molecular formula is C22H19FN4O2S. The molecule has 1 aromatic heterocycles. The molecule has 1 saturated carbocycles. The lowest BCUT2D eigenvalue weighted by Gasteiger charge is -2.09. The number of halogens is 1. The van der Waals surface area contributed by atoms with E-state index in [1.165, 1.54) is 17.8 Å². The minimum absolute atomic E-state index is 0.0489. The molecule has 3 aromatic rings. The van der Waals surface area contributed by atoms with Gasteiger partial charge in [0.05, 0.1) is 17.2 Å². The summed E-state index contributed by atoms with van der Waals surface area (Å²) in [6.45, 7) is 1.83. The Morgan fingerprint density at radius 1 is 1.23 bits per heavy atom. The normalized spacial score (nSPS) is 17.7. The van der Waals surface area contributed by atoms with Gasteiger partial charge in [-0.25, -0.2) is 4.39 Å². The van der Waals surface area contributed by atoms with E-state index in [0.29, 0.717) is 22.1 Å². The summed E-state index contributed by atoms with van der Waals surface area (Å²) in [6.07, 6.45) is 1.98. The van der Waals surface area contributed by atoms with Crippen LogP contribution in [0.2, 0.25) is 0 Å². The molecule has 5 rings (SSSR count). The van der Waals surface area contributed by atoms with E-state index in [1.807, 2.05) is 11.5 Å². The Bertz CT molecular complexity index is 1170. The highest BCUT2D eigenvalue weighted by atomic mass is 32.2. The minimum Gasteiger partial charge on any atom is -0.325 e. The van der Waals surface area contributed by atoms with E-state index in [4.69, 9.17) is 0 Å². The quantitative estimate of drug-likeness (QED) is 0.469. The molecule has 8 heteroatoms. The number of nitrogens with one attached hydrogen (secondary N) is 1. The molecule has 2 heterocycles. The molecule has 1 fully saturated rings. The van der Waals surface area contributed by atoms with Gasteiger partial charge in [0.15, 0.2) is 16.8 Å². The standard InChI is InChI=1S/C22H19FN4O2S/c1-12-16-10-13(6-9-18(16)24-21(12)29)19(28)11-30-22-26-25-20(27(22)14-7-8-14)15-4-2-3-5-17(15)23/h2-6,9-10,12,14H,7-8,11H2,1H3,(H,24,29). The van der Waals surface area contributed by atoms with Crippen molar-refractivity contribution in [3.05, 3.63) is 59.4 Å². The van der Waals surface area contributed by atoms with Crippen molar-refractivity contribution >= 4 is 29.1 Å². The van der Waals surface area contributed by atoms with E-state index < -0.39 is 0 Å². The average molecular weight is 422 g/mol. The van der Waals surface area contributed by atoms with Crippen LogP contribution in [0.3, 0.4) is 0 Å². The Balaban J connectivity index is 1.37. The predicted molar refractivity (Wildman–Crippen MR) is 112 cm³/mol. The number of hydrogen-bond acceptors (Lipinski definition) is 5. The molecule has 6 nitrogen and oxygen atoms in total. The maximum atomic E-state index is 14.3. The molecule has 152 valence electrons. The smallest absolute Gasteiger partial charge is 0.231 e. The number of aromatic nitrogens is 3. The predicted octanol–water partition coefficient (Wildman–Crippen LogP) is 4.45. The highest BCUT2D eigenvalue weighted by molar-refractivity contribution is 7.99. The van der Waals surface area contributed by atoms with Gasteiger partial charge in [-0.1, -0.05) is 23.9 Å². The highest BCUT2D eigenvalue weighted by Gasteiger charge is 2.31. The molecular weight excluding hydrogens is 403 g/mol. The number of carbonyl (C=O) groups excluding carboxylic acids is 2. The third-order valence-electron chi connectivity index (χ3n) is 5.51. The van der Waals surface area contributed by atoms with Crippen molar-refractivity contribution in [1.82, 2.24) is 14.8 Å². The van der Waals surface area contributed by atoms with Gasteiger partial charge in [0, 0.05) is 17.3 Å². The number of nitrogens with zero attached hydrogens (tertiary/aromatic N) is 3. The summed E-state index contributed by atoms with van der Waals surface area (Å²) in [5.41, 5.74) is 2.59. The molecule has 30 heavy (non-hydrogen) atoms. The van der Waals surface area contributed by atoms with Gasteiger partial charge in [-0.2, -0.15) is 0 Å². The molecule has 0 bridgehead atoms. The van der Waals surface area contributed by atoms with E-state index in [2.05, 4.69) is 15.5 Å². The van der Waals surface area contributed by atoms with Crippen molar-refractivity contribution in [1.29, 1.82) is 0 Å². The lowest BCUT2D eigenvalue weighted by Crippen LogP contribution is -2.08. The van der Waals surface area contributed by atoms with E-state index >= 15 is 0 Å². The molecule has 0 saturated heterocycles. The molecule has 1 amide bonds.